The van der Waals surface area contributed by atoms with Gasteiger partial charge in [0.05, 0.1) is 0 Å². The van der Waals surface area contributed by atoms with Crippen molar-refractivity contribution in [1.82, 2.24) is 10.9 Å². The molecular weight excluding hydrogens is 180 g/mol. The van der Waals surface area contributed by atoms with Crippen LogP contribution < -0.4 is 10.9 Å². The van der Waals surface area contributed by atoms with Gasteiger partial charge in [-0.3, -0.25) is 0 Å². The summed E-state index contributed by atoms with van der Waals surface area (Å²) in [6, 6.07) is 0. The van der Waals surface area contributed by atoms with E-state index in [9.17, 15) is 4.79 Å². The normalized spacial score (nSPS) is 16.1. The Morgan fingerprint density at radius 3 is 2.71 bits per heavy atom. The topological polar surface area (TPSA) is 50.4 Å². The molecule has 0 aromatic rings. The monoisotopic (exact) mass is 198 g/mol. The molecule has 4 nitrogen and oxygen atoms in total. The Bertz CT molecular complexity index is 241. The van der Waals surface area contributed by atoms with Gasteiger partial charge >= 0.3 is 6.09 Å². The summed E-state index contributed by atoms with van der Waals surface area (Å²) >= 11 is 0. The number of allylic oxidation sites excluding steroid dienone is 2. The summed E-state index contributed by atoms with van der Waals surface area (Å²) in [5, 5.41) is 0. The van der Waals surface area contributed by atoms with Crippen molar-refractivity contribution >= 4 is 6.09 Å². The zero-order chi connectivity index (χ0) is 10.6. The molecule has 1 amide bonds. The van der Waals surface area contributed by atoms with Gasteiger partial charge in [-0.25, -0.2) is 10.2 Å². The van der Waals surface area contributed by atoms with Gasteiger partial charge in [0.2, 0.25) is 0 Å². The second kappa shape index (κ2) is 4.35. The van der Waals surface area contributed by atoms with Crippen molar-refractivity contribution in [3.8, 4) is 0 Å². The van der Waals surface area contributed by atoms with E-state index in [0.29, 0.717) is 0 Å². The third-order valence-electron chi connectivity index (χ3n) is 1.76. The highest BCUT2D eigenvalue weighted by atomic mass is 16.6. The number of rotatable bonds is 2. The van der Waals surface area contributed by atoms with Crippen LogP contribution in [0, 0.1) is 0 Å². The first-order chi connectivity index (χ1) is 6.47. The van der Waals surface area contributed by atoms with Crippen LogP contribution in [0.15, 0.2) is 11.8 Å². The Labute approximate surface area is 84.7 Å². The van der Waals surface area contributed by atoms with E-state index < -0.39 is 11.7 Å². The van der Waals surface area contributed by atoms with Crippen LogP contribution in [-0.2, 0) is 4.74 Å². The Morgan fingerprint density at radius 1 is 1.50 bits per heavy atom. The van der Waals surface area contributed by atoms with E-state index in [1.807, 2.05) is 20.8 Å². The van der Waals surface area contributed by atoms with Gasteiger partial charge in [0, 0.05) is 5.70 Å². The molecule has 0 fully saturated rings. The summed E-state index contributed by atoms with van der Waals surface area (Å²) in [4.78, 5) is 11.2. The van der Waals surface area contributed by atoms with Gasteiger partial charge in [0.15, 0.2) is 0 Å². The van der Waals surface area contributed by atoms with Crippen LogP contribution in [-0.4, -0.2) is 11.7 Å². The second-order valence-corrected chi connectivity index (χ2v) is 4.37. The summed E-state index contributed by atoms with van der Waals surface area (Å²) in [5.41, 5.74) is 5.96. The Balaban J connectivity index is 2.21. The van der Waals surface area contributed by atoms with Crippen LogP contribution in [0.4, 0.5) is 4.79 Å². The minimum Gasteiger partial charge on any atom is -0.443 e. The number of amides is 1. The lowest BCUT2D eigenvalue weighted by atomic mass is 10.2. The zero-order valence-electron chi connectivity index (χ0n) is 9.02. The second-order valence-electron chi connectivity index (χ2n) is 4.37. The molecule has 0 spiro atoms. The van der Waals surface area contributed by atoms with Crippen molar-refractivity contribution in [3.05, 3.63) is 11.8 Å². The van der Waals surface area contributed by atoms with E-state index in [-0.39, 0.29) is 0 Å². The first kappa shape index (κ1) is 10.9. The maximum absolute atomic E-state index is 11.2. The fourth-order valence-electron chi connectivity index (χ4n) is 1.22. The summed E-state index contributed by atoms with van der Waals surface area (Å²) in [7, 11) is 0. The lowest BCUT2D eigenvalue weighted by molar-refractivity contribution is 0.0505. The fourth-order valence-corrected chi connectivity index (χ4v) is 1.22. The molecule has 0 atom stereocenters. The Morgan fingerprint density at radius 2 is 2.21 bits per heavy atom. The first-order valence-electron chi connectivity index (χ1n) is 4.91. The van der Waals surface area contributed by atoms with Crippen LogP contribution in [0.3, 0.4) is 0 Å². The van der Waals surface area contributed by atoms with Crippen LogP contribution in [0.2, 0.25) is 0 Å². The van der Waals surface area contributed by atoms with E-state index in [2.05, 4.69) is 16.9 Å². The van der Waals surface area contributed by atoms with Crippen molar-refractivity contribution < 1.29 is 9.53 Å². The van der Waals surface area contributed by atoms with Crippen molar-refractivity contribution in [3.63, 3.8) is 0 Å². The lowest BCUT2D eigenvalue weighted by Gasteiger charge is -2.20. The van der Waals surface area contributed by atoms with Crippen molar-refractivity contribution in [2.45, 2.75) is 45.6 Å². The van der Waals surface area contributed by atoms with Gasteiger partial charge in [-0.05, 0) is 40.0 Å². The summed E-state index contributed by atoms with van der Waals surface area (Å²) in [6.07, 6.45) is 4.87. The molecule has 0 saturated carbocycles. The van der Waals surface area contributed by atoms with Crippen molar-refractivity contribution in [2.75, 3.05) is 0 Å². The Kier molecular flexibility index (Phi) is 3.38. The van der Waals surface area contributed by atoms with Crippen LogP contribution in [0.1, 0.15) is 40.0 Å². The molecule has 1 aliphatic rings. The zero-order valence-corrected chi connectivity index (χ0v) is 9.02. The molecule has 0 aromatic carbocycles. The predicted octanol–water partition coefficient (Wildman–Crippen LogP) is 2.08. The van der Waals surface area contributed by atoms with Gasteiger partial charge in [0.1, 0.15) is 5.60 Å². The van der Waals surface area contributed by atoms with Gasteiger partial charge in [-0.1, -0.05) is 6.08 Å². The minimum absolute atomic E-state index is 0.440. The molecule has 80 valence electrons. The van der Waals surface area contributed by atoms with E-state index in [0.717, 1.165) is 25.0 Å². The van der Waals surface area contributed by atoms with Gasteiger partial charge in [-0.2, -0.15) is 0 Å². The van der Waals surface area contributed by atoms with Crippen molar-refractivity contribution in [2.24, 2.45) is 0 Å². The summed E-state index contributed by atoms with van der Waals surface area (Å²) in [6.45, 7) is 5.50. The quantitative estimate of drug-likeness (QED) is 0.668. The number of carbonyl (C=O) groups is 1. The maximum atomic E-state index is 11.2. The largest absolute Gasteiger partial charge is 0.443 e. The fraction of sp³-hybridized carbons (Fsp3) is 0.700. The third kappa shape index (κ3) is 4.16. The Hall–Kier alpha value is -1.19. The highest BCUT2D eigenvalue weighted by molar-refractivity contribution is 5.67. The molecule has 0 radical (unpaired) electrons. The molecule has 0 heterocycles. The number of hydrogen-bond donors (Lipinski definition) is 2. The van der Waals surface area contributed by atoms with Gasteiger partial charge in [-0.15, -0.1) is 0 Å². The lowest BCUT2D eigenvalue weighted by Crippen LogP contribution is -2.40. The molecule has 2 N–H and O–H groups in total. The van der Waals surface area contributed by atoms with Crippen LogP contribution in [0.5, 0.6) is 0 Å². The molecule has 0 aliphatic heterocycles. The summed E-state index contributed by atoms with van der Waals surface area (Å²) in [5.74, 6) is 0. The predicted molar refractivity (Wildman–Crippen MR) is 54.4 cm³/mol. The highest BCUT2D eigenvalue weighted by Crippen LogP contribution is 2.13. The van der Waals surface area contributed by atoms with Gasteiger partial charge in [0.25, 0.3) is 0 Å². The van der Waals surface area contributed by atoms with E-state index in [1.165, 1.54) is 0 Å². The van der Waals surface area contributed by atoms with Crippen LogP contribution >= 0.6 is 0 Å². The third-order valence-corrected chi connectivity index (χ3v) is 1.76. The molecule has 0 bridgehead atoms. The highest BCUT2D eigenvalue weighted by Gasteiger charge is 2.16. The number of hydrogen-bond acceptors (Lipinski definition) is 3. The van der Waals surface area contributed by atoms with Gasteiger partial charge < -0.3 is 10.2 Å². The first-order valence-corrected chi connectivity index (χ1v) is 4.91. The number of nitrogens with one attached hydrogen (secondary N) is 2. The molecule has 1 rings (SSSR count). The smallest absolute Gasteiger partial charge is 0.426 e. The molecule has 0 saturated heterocycles. The average molecular weight is 198 g/mol. The maximum Gasteiger partial charge on any atom is 0.426 e. The molecular formula is C10H18N2O2. The summed E-state index contributed by atoms with van der Waals surface area (Å²) < 4.78 is 5.06. The van der Waals surface area contributed by atoms with Crippen LogP contribution in [0.25, 0.3) is 0 Å². The van der Waals surface area contributed by atoms with E-state index >= 15 is 0 Å². The minimum atomic E-state index is -0.449. The molecule has 4 heteroatoms. The molecule has 0 aromatic heterocycles. The van der Waals surface area contributed by atoms with E-state index in [1.54, 1.807) is 0 Å². The molecule has 14 heavy (non-hydrogen) atoms. The standard InChI is InChI=1S/C10H18N2O2/c1-10(2,3)14-9(13)12-11-8-6-4-5-7-8/h6,11H,4-5,7H2,1-3H3,(H,12,13). The SMILES string of the molecule is CC(C)(C)OC(=O)NNC1=CCCC1. The number of carbonyl (C=O) groups excluding carboxylic acids is 1. The number of hydrazine groups is 1. The molecule has 0 unspecified atom stereocenters. The van der Waals surface area contributed by atoms with Crippen molar-refractivity contribution in [1.29, 1.82) is 0 Å². The number of ether oxygens (including phenoxy) is 1. The molecule has 1 aliphatic carbocycles. The van der Waals surface area contributed by atoms with E-state index in [4.69, 9.17) is 4.74 Å². The average Bonchev–Trinajstić information content (AvgIpc) is 2.49.